The van der Waals surface area contributed by atoms with Gasteiger partial charge >= 0.3 is 6.18 Å². The molecule has 3 heterocycles. The van der Waals surface area contributed by atoms with E-state index in [9.17, 15) is 18.0 Å². The Labute approximate surface area is 168 Å². The third-order valence-electron chi connectivity index (χ3n) is 4.91. The minimum atomic E-state index is -4.21. The molecule has 0 unspecified atom stereocenters. The van der Waals surface area contributed by atoms with Crippen LogP contribution < -0.4 is 10.6 Å². The quantitative estimate of drug-likeness (QED) is 0.658. The smallest absolute Gasteiger partial charge is 0.348 e. The van der Waals surface area contributed by atoms with Gasteiger partial charge in [0.15, 0.2) is 11.5 Å². The number of thiazole rings is 1. The molecule has 29 heavy (non-hydrogen) atoms. The summed E-state index contributed by atoms with van der Waals surface area (Å²) in [7, 11) is 0. The molecule has 1 aliphatic carbocycles. The Morgan fingerprint density at radius 1 is 1.24 bits per heavy atom. The van der Waals surface area contributed by atoms with Crippen LogP contribution in [0.15, 0.2) is 30.0 Å². The number of alkyl halides is 3. The first-order chi connectivity index (χ1) is 13.9. The fourth-order valence-corrected chi connectivity index (χ4v) is 4.04. The van der Waals surface area contributed by atoms with Crippen LogP contribution in [0.2, 0.25) is 0 Å². The zero-order valence-corrected chi connectivity index (χ0v) is 16.1. The number of nitrogens with zero attached hydrogens (tertiary/aromatic N) is 4. The molecule has 154 valence electrons. The zero-order chi connectivity index (χ0) is 20.4. The van der Waals surface area contributed by atoms with Gasteiger partial charge in [-0.3, -0.25) is 9.78 Å². The van der Waals surface area contributed by atoms with Gasteiger partial charge < -0.3 is 10.6 Å². The molecule has 3 aromatic heterocycles. The number of rotatable bonds is 5. The molecule has 0 spiro atoms. The number of carbonyl (C=O) groups is 1. The topological polar surface area (TPSA) is 84.2 Å². The van der Waals surface area contributed by atoms with Gasteiger partial charge in [0.1, 0.15) is 0 Å². The van der Waals surface area contributed by atoms with Crippen LogP contribution in [0.1, 0.15) is 36.2 Å². The maximum Gasteiger partial charge on any atom is 0.401 e. The van der Waals surface area contributed by atoms with E-state index in [0.717, 1.165) is 4.88 Å². The number of carbonyl (C=O) groups excluding carboxylic acids is 1. The number of aromatic nitrogens is 4. The Hall–Kier alpha value is -2.53. The first kappa shape index (κ1) is 19.8. The van der Waals surface area contributed by atoms with Crippen LogP contribution in [0.4, 0.5) is 13.2 Å². The second-order valence-corrected chi connectivity index (χ2v) is 7.89. The standard InChI is InChI=1S/C18H19F3N6OS/c19-18(20,21)9-23-11-3-5-12(6-4-11)24-17(28)15-13-2-1-7-27(13)26-16(25-15)14-8-22-10-29-14/h1-2,7-8,10-12,23H,3-6,9H2,(H,24,28). The molecule has 0 atom stereocenters. The molecule has 1 amide bonds. The van der Waals surface area contributed by atoms with Crippen LogP contribution in [-0.2, 0) is 0 Å². The first-order valence-electron chi connectivity index (χ1n) is 9.24. The average molecular weight is 424 g/mol. The molecule has 0 aromatic carbocycles. The Bertz CT molecular complexity index is 979. The molecule has 0 bridgehead atoms. The van der Waals surface area contributed by atoms with E-state index >= 15 is 0 Å². The largest absolute Gasteiger partial charge is 0.401 e. The Morgan fingerprint density at radius 2 is 2.00 bits per heavy atom. The van der Waals surface area contributed by atoms with E-state index in [4.69, 9.17) is 0 Å². The van der Waals surface area contributed by atoms with Crippen molar-refractivity contribution in [1.29, 1.82) is 0 Å². The van der Waals surface area contributed by atoms with Crippen LogP contribution in [-0.4, -0.2) is 50.3 Å². The van der Waals surface area contributed by atoms with Gasteiger partial charge in [0, 0.05) is 24.5 Å². The van der Waals surface area contributed by atoms with Gasteiger partial charge in [0.2, 0.25) is 0 Å². The maximum atomic E-state index is 12.9. The number of amides is 1. The van der Waals surface area contributed by atoms with Crippen molar-refractivity contribution in [3.05, 3.63) is 35.7 Å². The van der Waals surface area contributed by atoms with Gasteiger partial charge in [0.05, 0.1) is 22.4 Å². The Balaban J connectivity index is 1.43. The van der Waals surface area contributed by atoms with Gasteiger partial charge in [-0.1, -0.05) is 0 Å². The van der Waals surface area contributed by atoms with E-state index < -0.39 is 12.7 Å². The highest BCUT2D eigenvalue weighted by atomic mass is 32.1. The number of hydrogen-bond acceptors (Lipinski definition) is 6. The van der Waals surface area contributed by atoms with Crippen molar-refractivity contribution in [1.82, 2.24) is 30.2 Å². The molecule has 2 N–H and O–H groups in total. The molecule has 0 saturated heterocycles. The van der Waals surface area contributed by atoms with E-state index in [1.807, 2.05) is 0 Å². The summed E-state index contributed by atoms with van der Waals surface area (Å²) in [5.74, 6) is 0.106. The van der Waals surface area contributed by atoms with Crippen LogP contribution in [0, 0.1) is 0 Å². The summed E-state index contributed by atoms with van der Waals surface area (Å²) in [5.41, 5.74) is 2.53. The lowest BCUT2D eigenvalue weighted by Crippen LogP contribution is -2.44. The van der Waals surface area contributed by atoms with Crippen LogP contribution in [0.25, 0.3) is 16.2 Å². The Morgan fingerprint density at radius 3 is 2.69 bits per heavy atom. The number of halogens is 3. The highest BCUT2D eigenvalue weighted by Crippen LogP contribution is 2.23. The minimum Gasteiger partial charge on any atom is -0.348 e. The maximum absolute atomic E-state index is 12.9. The lowest BCUT2D eigenvalue weighted by atomic mass is 9.91. The molecule has 4 rings (SSSR count). The van der Waals surface area contributed by atoms with Gasteiger partial charge in [-0.2, -0.15) is 13.2 Å². The summed E-state index contributed by atoms with van der Waals surface area (Å²) in [6.45, 7) is -0.984. The normalized spacial score (nSPS) is 20.1. The fraction of sp³-hybridized carbons (Fsp3) is 0.444. The van der Waals surface area contributed by atoms with Crippen molar-refractivity contribution >= 4 is 22.8 Å². The zero-order valence-electron chi connectivity index (χ0n) is 15.3. The molecule has 0 radical (unpaired) electrons. The van der Waals surface area contributed by atoms with Crippen molar-refractivity contribution in [3.63, 3.8) is 0 Å². The summed E-state index contributed by atoms with van der Waals surface area (Å²) in [5, 5.41) is 9.94. The molecular formula is C18H19F3N6OS. The summed E-state index contributed by atoms with van der Waals surface area (Å²) >= 11 is 1.38. The summed E-state index contributed by atoms with van der Waals surface area (Å²) < 4.78 is 38.6. The predicted octanol–water partition coefficient (Wildman–Crippen LogP) is 3.05. The molecule has 1 aliphatic rings. The van der Waals surface area contributed by atoms with E-state index in [2.05, 4.69) is 25.7 Å². The van der Waals surface area contributed by atoms with Crippen LogP contribution in [0.3, 0.4) is 0 Å². The molecule has 0 aliphatic heterocycles. The third-order valence-corrected chi connectivity index (χ3v) is 5.68. The number of nitrogens with one attached hydrogen (secondary N) is 2. The Kier molecular flexibility index (Phi) is 5.50. The second-order valence-electron chi connectivity index (χ2n) is 7.01. The summed E-state index contributed by atoms with van der Waals surface area (Å²) in [4.78, 5) is 22.1. The monoisotopic (exact) mass is 424 g/mol. The lowest BCUT2D eigenvalue weighted by molar-refractivity contribution is -0.126. The third kappa shape index (κ3) is 4.73. The fourth-order valence-electron chi connectivity index (χ4n) is 3.49. The number of fused-ring (bicyclic) bond motifs is 1. The van der Waals surface area contributed by atoms with Gasteiger partial charge in [0.25, 0.3) is 5.91 Å². The van der Waals surface area contributed by atoms with Crippen molar-refractivity contribution in [2.75, 3.05) is 6.54 Å². The minimum absolute atomic E-state index is 0.0942. The molecule has 7 nitrogen and oxygen atoms in total. The lowest BCUT2D eigenvalue weighted by Gasteiger charge is -2.30. The van der Waals surface area contributed by atoms with Crippen molar-refractivity contribution in [3.8, 4) is 10.7 Å². The molecule has 11 heteroatoms. The molecule has 1 saturated carbocycles. The molecule has 3 aromatic rings. The van der Waals surface area contributed by atoms with E-state index in [0.29, 0.717) is 37.0 Å². The van der Waals surface area contributed by atoms with E-state index in [1.54, 1.807) is 34.6 Å². The highest BCUT2D eigenvalue weighted by Gasteiger charge is 2.30. The van der Waals surface area contributed by atoms with Gasteiger partial charge in [-0.05, 0) is 37.8 Å². The number of hydrogen-bond donors (Lipinski definition) is 2. The van der Waals surface area contributed by atoms with Gasteiger partial charge in [-0.25, -0.2) is 9.50 Å². The van der Waals surface area contributed by atoms with Gasteiger partial charge in [-0.15, -0.1) is 16.4 Å². The van der Waals surface area contributed by atoms with E-state index in [1.165, 1.54) is 11.3 Å². The van der Waals surface area contributed by atoms with Crippen molar-refractivity contribution in [2.45, 2.75) is 43.9 Å². The summed E-state index contributed by atoms with van der Waals surface area (Å²) in [6.07, 6.45) is 1.57. The SMILES string of the molecule is O=C(NC1CCC(NCC(F)(F)F)CC1)c1nc(-c2cncs2)nn2cccc12. The summed E-state index contributed by atoms with van der Waals surface area (Å²) in [6, 6.07) is 3.28. The predicted molar refractivity (Wildman–Crippen MR) is 102 cm³/mol. The van der Waals surface area contributed by atoms with Crippen molar-refractivity contribution < 1.29 is 18.0 Å². The van der Waals surface area contributed by atoms with E-state index in [-0.39, 0.29) is 23.7 Å². The second kappa shape index (κ2) is 8.07. The first-order valence-corrected chi connectivity index (χ1v) is 10.1. The molecular weight excluding hydrogens is 405 g/mol. The van der Waals surface area contributed by atoms with Crippen LogP contribution >= 0.6 is 11.3 Å². The highest BCUT2D eigenvalue weighted by molar-refractivity contribution is 7.13. The average Bonchev–Trinajstić information content (AvgIpc) is 3.37. The van der Waals surface area contributed by atoms with Crippen LogP contribution in [0.5, 0.6) is 0 Å². The molecule has 1 fully saturated rings. The van der Waals surface area contributed by atoms with Crippen molar-refractivity contribution in [2.24, 2.45) is 0 Å².